The zero-order chi connectivity index (χ0) is 18.4. The lowest BCUT2D eigenvalue weighted by molar-refractivity contribution is -0.141. The summed E-state index contributed by atoms with van der Waals surface area (Å²) in [4.78, 5) is 43.8. The monoisotopic (exact) mass is 382 g/mol. The summed E-state index contributed by atoms with van der Waals surface area (Å²) in [7, 11) is -4.22. The first kappa shape index (κ1) is 21.1. The maximum absolute atomic E-state index is 12.1. The highest BCUT2D eigenvalue weighted by Gasteiger charge is 2.47. The van der Waals surface area contributed by atoms with Crippen LogP contribution in [0.4, 0.5) is 0 Å². The summed E-state index contributed by atoms with van der Waals surface area (Å²) in [6.45, 7) is 5.14. The van der Waals surface area contributed by atoms with E-state index >= 15 is 0 Å². The maximum Gasteiger partial charge on any atom is 0.472 e. The number of hydrogen-bond acceptors (Lipinski definition) is 7. The highest BCUT2D eigenvalue weighted by molar-refractivity contribution is 8.13. The van der Waals surface area contributed by atoms with Gasteiger partial charge in [0.15, 0.2) is 11.2 Å². The molecule has 9 nitrogen and oxygen atoms in total. The number of rotatable bonds is 7. The van der Waals surface area contributed by atoms with Crippen molar-refractivity contribution in [2.45, 2.75) is 33.3 Å². The lowest BCUT2D eigenvalue weighted by Gasteiger charge is -2.38. The van der Waals surface area contributed by atoms with Crippen LogP contribution in [-0.4, -0.2) is 53.4 Å². The number of carbonyl (C=O) groups is 3. The third-order valence-corrected chi connectivity index (χ3v) is 4.91. The van der Waals surface area contributed by atoms with E-state index in [-0.39, 0.29) is 30.6 Å². The molecule has 1 aliphatic heterocycles. The van der Waals surface area contributed by atoms with Crippen LogP contribution in [0.25, 0.3) is 0 Å². The van der Waals surface area contributed by atoms with Crippen molar-refractivity contribution in [1.82, 2.24) is 10.6 Å². The Morgan fingerprint density at radius 3 is 2.58 bits per heavy atom. The average Bonchev–Trinajstić information content (AvgIpc) is 2.46. The van der Waals surface area contributed by atoms with Crippen molar-refractivity contribution in [2.24, 2.45) is 5.41 Å². The first-order valence-electron chi connectivity index (χ1n) is 7.37. The smallest absolute Gasteiger partial charge is 0.355 e. The largest absolute Gasteiger partial charge is 0.472 e. The number of hydrogen-bond donors (Lipinski definition) is 3. The quantitative estimate of drug-likeness (QED) is 0.427. The summed E-state index contributed by atoms with van der Waals surface area (Å²) in [5.41, 5.74) is -0.771. The second-order valence-electron chi connectivity index (χ2n) is 5.95. The molecule has 1 rings (SSSR count). The van der Waals surface area contributed by atoms with Gasteiger partial charge in [0, 0.05) is 37.6 Å². The Bertz CT molecular complexity index is 540. The molecule has 2 amide bonds. The van der Waals surface area contributed by atoms with Crippen molar-refractivity contribution in [2.75, 3.05) is 25.4 Å². The molecule has 1 aliphatic rings. The Morgan fingerprint density at radius 1 is 1.29 bits per heavy atom. The number of phosphoric ester groups is 1. The van der Waals surface area contributed by atoms with Gasteiger partial charge in [-0.25, -0.2) is 4.57 Å². The van der Waals surface area contributed by atoms with Gasteiger partial charge >= 0.3 is 7.82 Å². The molecule has 1 heterocycles. The predicted molar refractivity (Wildman–Crippen MR) is 88.2 cm³/mol. The molecule has 138 valence electrons. The van der Waals surface area contributed by atoms with Crippen molar-refractivity contribution >= 4 is 36.5 Å². The molecule has 1 saturated heterocycles. The fourth-order valence-corrected chi connectivity index (χ4v) is 3.59. The maximum atomic E-state index is 12.1. The number of thioether (sulfide) groups is 1. The highest BCUT2D eigenvalue weighted by atomic mass is 32.2. The molecule has 0 aromatic rings. The van der Waals surface area contributed by atoms with E-state index in [1.54, 1.807) is 13.8 Å². The van der Waals surface area contributed by atoms with Crippen LogP contribution in [0.2, 0.25) is 0 Å². The summed E-state index contributed by atoms with van der Waals surface area (Å²) < 4.78 is 21.0. The standard InChI is InChI=1S/C13H23N2O7PS/c1-9(16)24-7-6-14-10(17)4-5-15-12(18)11-13(2,3)8-21-23(19,20)22-11/h11H,4-8H2,1-3H3,(H,14,17)(H,15,18)(H,19,20)/t11-/m0/s1. The van der Waals surface area contributed by atoms with Gasteiger partial charge in [0.2, 0.25) is 11.8 Å². The van der Waals surface area contributed by atoms with Gasteiger partial charge in [-0.2, -0.15) is 0 Å². The summed E-state index contributed by atoms with van der Waals surface area (Å²) >= 11 is 1.12. The van der Waals surface area contributed by atoms with Crippen LogP contribution in [0.3, 0.4) is 0 Å². The van der Waals surface area contributed by atoms with Gasteiger partial charge in [0.05, 0.1) is 6.61 Å². The van der Waals surface area contributed by atoms with Gasteiger partial charge in [-0.05, 0) is 0 Å². The summed E-state index contributed by atoms with van der Waals surface area (Å²) in [5.74, 6) is -0.347. The van der Waals surface area contributed by atoms with Gasteiger partial charge in [-0.15, -0.1) is 0 Å². The fourth-order valence-electron chi connectivity index (χ4n) is 1.90. The minimum absolute atomic E-state index is 0.0169. The predicted octanol–water partition coefficient (Wildman–Crippen LogP) is 0.431. The van der Waals surface area contributed by atoms with Gasteiger partial charge in [0.1, 0.15) is 0 Å². The van der Waals surface area contributed by atoms with Gasteiger partial charge in [-0.3, -0.25) is 23.4 Å². The Hall–Kier alpha value is -0.930. The van der Waals surface area contributed by atoms with Crippen LogP contribution in [0, 0.1) is 5.41 Å². The van der Waals surface area contributed by atoms with E-state index < -0.39 is 25.2 Å². The number of phosphoric acid groups is 1. The van der Waals surface area contributed by atoms with Crippen molar-refractivity contribution < 1.29 is 32.9 Å². The number of amides is 2. The van der Waals surface area contributed by atoms with Crippen LogP contribution in [-0.2, 0) is 28.0 Å². The molecular weight excluding hydrogens is 359 g/mol. The van der Waals surface area contributed by atoms with Crippen molar-refractivity contribution in [1.29, 1.82) is 0 Å². The lowest BCUT2D eigenvalue weighted by Crippen LogP contribution is -2.49. The molecular formula is C13H23N2O7PS. The molecule has 1 unspecified atom stereocenters. The molecule has 0 aromatic heterocycles. The van der Waals surface area contributed by atoms with E-state index in [0.29, 0.717) is 12.3 Å². The number of carbonyl (C=O) groups excluding carboxylic acids is 3. The van der Waals surface area contributed by atoms with E-state index in [0.717, 1.165) is 11.8 Å². The summed E-state index contributed by atoms with van der Waals surface area (Å²) in [6, 6.07) is 0. The van der Waals surface area contributed by atoms with Crippen molar-refractivity contribution in [3.63, 3.8) is 0 Å². The number of nitrogens with one attached hydrogen (secondary N) is 2. The Labute approximate surface area is 144 Å². The third-order valence-electron chi connectivity index (χ3n) is 3.17. The normalized spacial score (nSPS) is 25.8. The molecule has 0 spiro atoms. The average molecular weight is 382 g/mol. The molecule has 24 heavy (non-hydrogen) atoms. The van der Waals surface area contributed by atoms with E-state index in [4.69, 9.17) is 9.05 Å². The second kappa shape index (κ2) is 8.96. The zero-order valence-corrected chi connectivity index (χ0v) is 15.6. The molecule has 0 aromatic carbocycles. The topological polar surface area (TPSA) is 131 Å². The minimum atomic E-state index is -4.22. The Balaban J connectivity index is 2.33. The van der Waals surface area contributed by atoms with Gasteiger partial charge in [0.25, 0.3) is 0 Å². The molecule has 0 aliphatic carbocycles. The first-order valence-corrected chi connectivity index (χ1v) is 9.85. The van der Waals surface area contributed by atoms with E-state index in [2.05, 4.69) is 10.6 Å². The van der Waals surface area contributed by atoms with Gasteiger partial charge < -0.3 is 15.5 Å². The zero-order valence-electron chi connectivity index (χ0n) is 13.9. The van der Waals surface area contributed by atoms with Crippen molar-refractivity contribution in [3.8, 4) is 0 Å². The molecule has 1 fully saturated rings. The molecule has 2 atom stereocenters. The Morgan fingerprint density at radius 2 is 1.96 bits per heavy atom. The molecule has 0 bridgehead atoms. The minimum Gasteiger partial charge on any atom is -0.355 e. The molecule has 0 radical (unpaired) electrons. The lowest BCUT2D eigenvalue weighted by atomic mass is 9.87. The molecule has 3 N–H and O–H groups in total. The van der Waals surface area contributed by atoms with Crippen LogP contribution in [0.1, 0.15) is 27.2 Å². The van der Waals surface area contributed by atoms with Crippen LogP contribution < -0.4 is 10.6 Å². The molecule has 11 heteroatoms. The fraction of sp³-hybridized carbons (Fsp3) is 0.769. The highest BCUT2D eigenvalue weighted by Crippen LogP contribution is 2.52. The van der Waals surface area contributed by atoms with Crippen molar-refractivity contribution in [3.05, 3.63) is 0 Å². The SMILES string of the molecule is CC(=O)SCCNC(=O)CCNC(=O)[C@@H]1OP(=O)(O)OCC1(C)C. The molecule has 0 saturated carbocycles. The summed E-state index contributed by atoms with van der Waals surface area (Å²) in [5, 5.41) is 5.12. The van der Waals surface area contributed by atoms with E-state index in [9.17, 15) is 23.8 Å². The van der Waals surface area contributed by atoms with Crippen LogP contribution >= 0.6 is 19.6 Å². The van der Waals surface area contributed by atoms with E-state index in [1.165, 1.54) is 6.92 Å². The second-order valence-corrected chi connectivity index (χ2v) is 8.63. The summed E-state index contributed by atoms with van der Waals surface area (Å²) in [6.07, 6.45) is -1.09. The van der Waals surface area contributed by atoms with E-state index in [1.807, 2.05) is 0 Å². The third kappa shape index (κ3) is 7.31. The van der Waals surface area contributed by atoms with Crippen LogP contribution in [0.5, 0.6) is 0 Å². The first-order chi connectivity index (χ1) is 11.0. The van der Waals surface area contributed by atoms with Gasteiger partial charge in [-0.1, -0.05) is 25.6 Å². The Kier molecular flexibility index (Phi) is 7.88. The van der Waals surface area contributed by atoms with Crippen LogP contribution in [0.15, 0.2) is 0 Å².